The minimum absolute atomic E-state index is 0.245. The van der Waals surface area contributed by atoms with Gasteiger partial charge >= 0.3 is 6.03 Å². The molecule has 2 aliphatic rings. The maximum Gasteiger partial charge on any atom is 0.320 e. The average Bonchev–Trinajstić information content (AvgIpc) is 2.30. The Labute approximate surface area is 98.0 Å². The summed E-state index contributed by atoms with van der Waals surface area (Å²) in [5.74, 6) is 0. The van der Waals surface area contributed by atoms with Crippen LogP contribution in [0.1, 0.15) is 33.1 Å². The molecular formula is C12H23N3O. The number of hydrogen-bond donors (Lipinski definition) is 1. The SMILES string of the molecule is CC(C)N1CCCN([C@H]2CCCNC2)C1=O. The quantitative estimate of drug-likeness (QED) is 0.768. The maximum atomic E-state index is 12.3. The number of nitrogens with zero attached hydrogens (tertiary/aromatic N) is 2. The molecule has 0 aromatic rings. The highest BCUT2D eigenvalue weighted by molar-refractivity contribution is 5.75. The van der Waals surface area contributed by atoms with Gasteiger partial charge in [-0.05, 0) is 39.7 Å². The predicted octanol–water partition coefficient (Wildman–Crippen LogP) is 1.27. The Bertz CT molecular complexity index is 249. The summed E-state index contributed by atoms with van der Waals surface area (Å²) in [4.78, 5) is 16.4. The highest BCUT2D eigenvalue weighted by atomic mass is 16.2. The van der Waals surface area contributed by atoms with Gasteiger partial charge in [-0.25, -0.2) is 4.79 Å². The summed E-state index contributed by atoms with van der Waals surface area (Å²) in [6, 6.07) is 0.990. The van der Waals surface area contributed by atoms with Crippen LogP contribution < -0.4 is 5.32 Å². The second-order valence-corrected chi connectivity index (χ2v) is 5.12. The molecule has 2 amide bonds. The number of urea groups is 1. The van der Waals surface area contributed by atoms with Crippen LogP contribution in [0.5, 0.6) is 0 Å². The third kappa shape index (κ3) is 2.32. The monoisotopic (exact) mass is 225 g/mol. The summed E-state index contributed by atoms with van der Waals surface area (Å²) < 4.78 is 0. The van der Waals surface area contributed by atoms with E-state index in [1.54, 1.807) is 0 Å². The fourth-order valence-corrected chi connectivity index (χ4v) is 2.68. The van der Waals surface area contributed by atoms with E-state index in [0.29, 0.717) is 12.1 Å². The summed E-state index contributed by atoms with van der Waals surface area (Å²) in [5.41, 5.74) is 0. The van der Waals surface area contributed by atoms with Crippen molar-refractivity contribution in [2.45, 2.75) is 45.2 Å². The molecule has 2 saturated heterocycles. The molecule has 92 valence electrons. The van der Waals surface area contributed by atoms with Crippen LogP contribution in [0.2, 0.25) is 0 Å². The molecule has 4 nitrogen and oxygen atoms in total. The Morgan fingerprint density at radius 1 is 1.31 bits per heavy atom. The van der Waals surface area contributed by atoms with E-state index in [1.165, 1.54) is 6.42 Å². The summed E-state index contributed by atoms with van der Waals surface area (Å²) in [6.45, 7) is 8.13. The molecule has 1 N–H and O–H groups in total. The first-order valence-corrected chi connectivity index (χ1v) is 6.48. The van der Waals surface area contributed by atoms with Crippen LogP contribution >= 0.6 is 0 Å². The fourth-order valence-electron chi connectivity index (χ4n) is 2.68. The molecule has 1 atom stereocenters. The van der Waals surface area contributed by atoms with E-state index in [0.717, 1.165) is 39.0 Å². The van der Waals surface area contributed by atoms with Gasteiger partial charge in [-0.2, -0.15) is 0 Å². The first kappa shape index (κ1) is 11.7. The van der Waals surface area contributed by atoms with Gasteiger partial charge in [-0.1, -0.05) is 0 Å². The Morgan fingerprint density at radius 2 is 2.12 bits per heavy atom. The van der Waals surface area contributed by atoms with Crippen molar-refractivity contribution in [2.75, 3.05) is 26.2 Å². The van der Waals surface area contributed by atoms with E-state index in [1.807, 2.05) is 4.90 Å². The van der Waals surface area contributed by atoms with Crippen LogP contribution in [-0.4, -0.2) is 54.1 Å². The van der Waals surface area contributed by atoms with Gasteiger partial charge in [-0.15, -0.1) is 0 Å². The molecule has 2 rings (SSSR count). The lowest BCUT2D eigenvalue weighted by atomic mass is 10.0. The molecule has 0 radical (unpaired) electrons. The van der Waals surface area contributed by atoms with Crippen molar-refractivity contribution in [3.05, 3.63) is 0 Å². The van der Waals surface area contributed by atoms with Gasteiger partial charge in [0.25, 0.3) is 0 Å². The van der Waals surface area contributed by atoms with Crippen LogP contribution in [0.15, 0.2) is 0 Å². The Hall–Kier alpha value is -0.770. The lowest BCUT2D eigenvalue weighted by Gasteiger charge is -2.43. The zero-order valence-corrected chi connectivity index (χ0v) is 10.4. The lowest BCUT2D eigenvalue weighted by molar-refractivity contribution is 0.0882. The highest BCUT2D eigenvalue weighted by Crippen LogP contribution is 2.18. The normalized spacial score (nSPS) is 27.7. The summed E-state index contributed by atoms with van der Waals surface area (Å²) in [6.07, 6.45) is 3.46. The van der Waals surface area contributed by atoms with Crippen molar-refractivity contribution in [3.63, 3.8) is 0 Å². The Kier molecular flexibility index (Phi) is 3.69. The second-order valence-electron chi connectivity index (χ2n) is 5.12. The first-order chi connectivity index (χ1) is 7.70. The first-order valence-electron chi connectivity index (χ1n) is 6.48. The molecule has 2 fully saturated rings. The van der Waals surface area contributed by atoms with Crippen molar-refractivity contribution in [3.8, 4) is 0 Å². The van der Waals surface area contributed by atoms with Gasteiger partial charge in [0.2, 0.25) is 0 Å². The summed E-state index contributed by atoms with van der Waals surface area (Å²) in [5, 5.41) is 3.38. The topological polar surface area (TPSA) is 35.6 Å². The minimum Gasteiger partial charge on any atom is -0.322 e. The molecule has 2 aliphatic heterocycles. The van der Waals surface area contributed by atoms with E-state index >= 15 is 0 Å². The summed E-state index contributed by atoms with van der Waals surface area (Å²) >= 11 is 0. The predicted molar refractivity (Wildman–Crippen MR) is 64.5 cm³/mol. The smallest absolute Gasteiger partial charge is 0.320 e. The molecular weight excluding hydrogens is 202 g/mol. The molecule has 0 bridgehead atoms. The van der Waals surface area contributed by atoms with E-state index < -0.39 is 0 Å². The molecule has 16 heavy (non-hydrogen) atoms. The molecule has 0 aromatic heterocycles. The number of carbonyl (C=O) groups excluding carboxylic acids is 1. The zero-order chi connectivity index (χ0) is 11.5. The van der Waals surface area contributed by atoms with Crippen LogP contribution in [0.25, 0.3) is 0 Å². The third-order valence-electron chi connectivity index (χ3n) is 3.62. The highest BCUT2D eigenvalue weighted by Gasteiger charge is 2.32. The van der Waals surface area contributed by atoms with E-state index in [9.17, 15) is 4.79 Å². The van der Waals surface area contributed by atoms with Crippen LogP contribution in [0.3, 0.4) is 0 Å². The van der Waals surface area contributed by atoms with Gasteiger partial charge in [-0.3, -0.25) is 0 Å². The Balaban J connectivity index is 2.00. The molecule has 0 aromatic carbocycles. The zero-order valence-electron chi connectivity index (χ0n) is 10.4. The largest absolute Gasteiger partial charge is 0.322 e. The number of carbonyl (C=O) groups is 1. The third-order valence-corrected chi connectivity index (χ3v) is 3.62. The van der Waals surface area contributed by atoms with E-state index in [-0.39, 0.29) is 6.03 Å². The minimum atomic E-state index is 0.245. The molecule has 0 saturated carbocycles. The van der Waals surface area contributed by atoms with Crippen molar-refractivity contribution >= 4 is 6.03 Å². The number of hydrogen-bond acceptors (Lipinski definition) is 2. The molecule has 0 spiro atoms. The Morgan fingerprint density at radius 3 is 2.75 bits per heavy atom. The molecule has 2 heterocycles. The van der Waals surface area contributed by atoms with Gasteiger partial charge in [0, 0.05) is 31.7 Å². The van der Waals surface area contributed by atoms with Crippen LogP contribution in [-0.2, 0) is 0 Å². The fraction of sp³-hybridized carbons (Fsp3) is 0.917. The summed E-state index contributed by atoms with van der Waals surface area (Å²) in [7, 11) is 0. The number of amides is 2. The molecule has 0 aliphatic carbocycles. The maximum absolute atomic E-state index is 12.3. The second kappa shape index (κ2) is 5.04. The van der Waals surface area contributed by atoms with Gasteiger partial charge in [0.15, 0.2) is 0 Å². The van der Waals surface area contributed by atoms with Crippen LogP contribution in [0.4, 0.5) is 4.79 Å². The number of piperidine rings is 1. The van der Waals surface area contributed by atoms with Crippen molar-refractivity contribution in [1.29, 1.82) is 0 Å². The van der Waals surface area contributed by atoms with Crippen molar-refractivity contribution in [1.82, 2.24) is 15.1 Å². The van der Waals surface area contributed by atoms with Crippen LogP contribution in [0, 0.1) is 0 Å². The van der Waals surface area contributed by atoms with Gasteiger partial charge in [0.1, 0.15) is 0 Å². The van der Waals surface area contributed by atoms with Crippen molar-refractivity contribution in [2.24, 2.45) is 0 Å². The average molecular weight is 225 g/mol. The van der Waals surface area contributed by atoms with E-state index in [4.69, 9.17) is 0 Å². The van der Waals surface area contributed by atoms with Gasteiger partial charge in [0.05, 0.1) is 0 Å². The number of rotatable bonds is 2. The van der Waals surface area contributed by atoms with Crippen molar-refractivity contribution < 1.29 is 4.79 Å². The number of nitrogens with one attached hydrogen (secondary N) is 1. The molecule has 4 heteroatoms. The van der Waals surface area contributed by atoms with Gasteiger partial charge < -0.3 is 15.1 Å². The van der Waals surface area contributed by atoms with E-state index in [2.05, 4.69) is 24.1 Å². The molecule has 0 unspecified atom stereocenters. The standard InChI is InChI=1S/C12H23N3O/c1-10(2)14-7-4-8-15(12(14)16)11-5-3-6-13-9-11/h10-11,13H,3-9H2,1-2H3/t11-/m0/s1. The lowest BCUT2D eigenvalue weighted by Crippen LogP contribution is -2.58.